The lowest BCUT2D eigenvalue weighted by molar-refractivity contribution is 0.356. The number of phenols is 1. The number of hydrogen-bond donors (Lipinski definition) is 1. The summed E-state index contributed by atoms with van der Waals surface area (Å²) in [6.07, 6.45) is 5.59. The first kappa shape index (κ1) is 16.6. The molecule has 1 heterocycles. The Bertz CT molecular complexity index is 934. The smallest absolute Gasteiger partial charge is 0.161 e. The molecule has 0 aliphatic rings. The number of aromatic nitrogens is 1. The van der Waals surface area contributed by atoms with Crippen LogP contribution in [-0.4, -0.2) is 31.4 Å². The van der Waals surface area contributed by atoms with Crippen molar-refractivity contribution in [2.75, 3.05) is 21.3 Å². The highest BCUT2D eigenvalue weighted by Crippen LogP contribution is 2.33. The van der Waals surface area contributed by atoms with E-state index < -0.39 is 0 Å². The van der Waals surface area contributed by atoms with Crippen LogP contribution in [0, 0.1) is 0 Å². The summed E-state index contributed by atoms with van der Waals surface area (Å²) in [6.45, 7) is 0. The highest BCUT2D eigenvalue weighted by molar-refractivity contribution is 5.93. The normalized spacial score (nSPS) is 11.0. The molecule has 0 bridgehead atoms. The molecule has 1 N–H and O–H groups in total. The second-order valence-electron chi connectivity index (χ2n) is 5.39. The molecule has 5 heteroatoms. The zero-order chi connectivity index (χ0) is 17.8. The third kappa shape index (κ3) is 3.35. The van der Waals surface area contributed by atoms with Crippen LogP contribution >= 0.6 is 0 Å². The topological polar surface area (TPSA) is 60.8 Å². The van der Waals surface area contributed by atoms with Gasteiger partial charge in [0.15, 0.2) is 23.0 Å². The van der Waals surface area contributed by atoms with Gasteiger partial charge in [-0.1, -0.05) is 12.1 Å². The lowest BCUT2D eigenvalue weighted by Gasteiger charge is -2.10. The van der Waals surface area contributed by atoms with E-state index in [9.17, 15) is 5.11 Å². The van der Waals surface area contributed by atoms with E-state index in [1.54, 1.807) is 32.5 Å². The number of hydrogen-bond acceptors (Lipinski definition) is 5. The zero-order valence-corrected chi connectivity index (χ0v) is 14.3. The predicted molar refractivity (Wildman–Crippen MR) is 98.4 cm³/mol. The van der Waals surface area contributed by atoms with Gasteiger partial charge in [0.1, 0.15) is 0 Å². The van der Waals surface area contributed by atoms with Gasteiger partial charge in [-0.2, -0.15) is 0 Å². The number of rotatable bonds is 5. The fourth-order valence-corrected chi connectivity index (χ4v) is 2.63. The Morgan fingerprint density at radius 3 is 2.28 bits per heavy atom. The molecule has 128 valence electrons. The third-order valence-electron chi connectivity index (χ3n) is 3.94. The van der Waals surface area contributed by atoms with E-state index in [4.69, 9.17) is 14.2 Å². The summed E-state index contributed by atoms with van der Waals surface area (Å²) in [5.41, 5.74) is 1.71. The molecule has 0 saturated heterocycles. The second-order valence-corrected chi connectivity index (χ2v) is 5.39. The Hall–Kier alpha value is -3.21. The van der Waals surface area contributed by atoms with Gasteiger partial charge >= 0.3 is 0 Å². The maximum absolute atomic E-state index is 9.68. The second kappa shape index (κ2) is 7.13. The molecule has 0 saturated carbocycles. The molecular weight excluding hydrogens is 318 g/mol. The summed E-state index contributed by atoms with van der Waals surface area (Å²) >= 11 is 0. The quantitative estimate of drug-likeness (QED) is 0.758. The van der Waals surface area contributed by atoms with Gasteiger partial charge in [0, 0.05) is 11.6 Å². The van der Waals surface area contributed by atoms with E-state index in [1.807, 2.05) is 36.4 Å². The van der Waals surface area contributed by atoms with Crippen molar-refractivity contribution >= 4 is 22.9 Å². The summed E-state index contributed by atoms with van der Waals surface area (Å²) in [5.74, 6) is 1.88. The van der Waals surface area contributed by atoms with Crippen molar-refractivity contribution in [3.8, 4) is 23.0 Å². The van der Waals surface area contributed by atoms with Crippen LogP contribution in [-0.2, 0) is 0 Å². The molecule has 3 rings (SSSR count). The maximum Gasteiger partial charge on any atom is 0.161 e. The minimum Gasteiger partial charge on any atom is -0.504 e. The van der Waals surface area contributed by atoms with Gasteiger partial charge in [-0.15, -0.1) is 0 Å². The van der Waals surface area contributed by atoms with E-state index in [0.717, 1.165) is 22.0 Å². The van der Waals surface area contributed by atoms with Gasteiger partial charge in [0.2, 0.25) is 0 Å². The number of pyridine rings is 1. The van der Waals surface area contributed by atoms with Crippen LogP contribution < -0.4 is 14.2 Å². The van der Waals surface area contributed by atoms with Crippen molar-refractivity contribution in [2.45, 2.75) is 0 Å². The van der Waals surface area contributed by atoms with E-state index in [0.29, 0.717) is 17.2 Å². The molecule has 0 spiro atoms. The van der Waals surface area contributed by atoms with Crippen molar-refractivity contribution in [2.24, 2.45) is 0 Å². The molecule has 0 aliphatic heterocycles. The lowest BCUT2D eigenvalue weighted by Crippen LogP contribution is -1.92. The standard InChI is InChI=1S/C20H19NO4/c1-23-18-10-13(5-7-17(18)22)4-6-16-15-12-20(25-3)19(24-2)11-14(15)8-9-21-16/h4-12,22H,1-3H3/b6-4+. The summed E-state index contributed by atoms with van der Waals surface area (Å²) in [6, 6.07) is 10.9. The average Bonchev–Trinajstić information content (AvgIpc) is 2.66. The Morgan fingerprint density at radius 2 is 1.56 bits per heavy atom. The molecular formula is C20H19NO4. The van der Waals surface area contributed by atoms with Crippen LogP contribution in [0.2, 0.25) is 0 Å². The fourth-order valence-electron chi connectivity index (χ4n) is 2.63. The Morgan fingerprint density at radius 1 is 0.840 bits per heavy atom. The Balaban J connectivity index is 2.03. The van der Waals surface area contributed by atoms with Crippen molar-refractivity contribution in [3.05, 3.63) is 53.9 Å². The highest BCUT2D eigenvalue weighted by Gasteiger charge is 2.08. The van der Waals surface area contributed by atoms with E-state index in [1.165, 1.54) is 7.11 Å². The SMILES string of the molecule is COc1cc(/C=C/c2nccc3cc(OC)c(OC)cc23)ccc1O. The number of ether oxygens (including phenoxy) is 3. The van der Waals surface area contributed by atoms with E-state index >= 15 is 0 Å². The van der Waals surface area contributed by atoms with Gasteiger partial charge in [-0.3, -0.25) is 4.98 Å². The van der Waals surface area contributed by atoms with Gasteiger partial charge in [-0.05, 0) is 47.4 Å². The Labute approximate surface area is 146 Å². The predicted octanol–water partition coefficient (Wildman–Crippen LogP) is 4.14. The first-order valence-corrected chi connectivity index (χ1v) is 7.72. The molecule has 0 aliphatic carbocycles. The van der Waals surface area contributed by atoms with Crippen LogP contribution in [0.1, 0.15) is 11.3 Å². The molecule has 25 heavy (non-hydrogen) atoms. The molecule has 0 amide bonds. The first-order chi connectivity index (χ1) is 12.2. The molecule has 0 atom stereocenters. The molecule has 0 fully saturated rings. The van der Waals surface area contributed by atoms with E-state index in [2.05, 4.69) is 4.98 Å². The van der Waals surface area contributed by atoms with Crippen molar-refractivity contribution < 1.29 is 19.3 Å². The highest BCUT2D eigenvalue weighted by atomic mass is 16.5. The summed E-state index contributed by atoms with van der Waals surface area (Å²) in [5, 5.41) is 11.7. The third-order valence-corrected chi connectivity index (χ3v) is 3.94. The van der Waals surface area contributed by atoms with Gasteiger partial charge in [0.05, 0.1) is 27.0 Å². The van der Waals surface area contributed by atoms with Crippen molar-refractivity contribution in [1.29, 1.82) is 0 Å². The van der Waals surface area contributed by atoms with E-state index in [-0.39, 0.29) is 5.75 Å². The molecule has 5 nitrogen and oxygen atoms in total. The summed E-state index contributed by atoms with van der Waals surface area (Å²) < 4.78 is 15.9. The molecule has 0 unspecified atom stereocenters. The number of methoxy groups -OCH3 is 3. The summed E-state index contributed by atoms with van der Waals surface area (Å²) in [7, 11) is 4.75. The van der Waals surface area contributed by atoms with Crippen molar-refractivity contribution in [3.63, 3.8) is 0 Å². The molecule has 1 aromatic heterocycles. The first-order valence-electron chi connectivity index (χ1n) is 7.72. The largest absolute Gasteiger partial charge is 0.504 e. The Kier molecular flexibility index (Phi) is 4.75. The zero-order valence-electron chi connectivity index (χ0n) is 14.3. The monoisotopic (exact) mass is 337 g/mol. The van der Waals surface area contributed by atoms with Crippen LogP contribution in [0.5, 0.6) is 23.0 Å². The number of aromatic hydroxyl groups is 1. The number of fused-ring (bicyclic) bond motifs is 1. The lowest BCUT2D eigenvalue weighted by atomic mass is 10.1. The van der Waals surface area contributed by atoms with Gasteiger partial charge in [-0.25, -0.2) is 0 Å². The van der Waals surface area contributed by atoms with Gasteiger partial charge < -0.3 is 19.3 Å². The van der Waals surface area contributed by atoms with Crippen LogP contribution in [0.25, 0.3) is 22.9 Å². The average molecular weight is 337 g/mol. The minimum absolute atomic E-state index is 0.111. The van der Waals surface area contributed by atoms with Crippen LogP contribution in [0.4, 0.5) is 0 Å². The fraction of sp³-hybridized carbons (Fsp3) is 0.150. The molecule has 3 aromatic rings. The number of benzene rings is 2. The van der Waals surface area contributed by atoms with Crippen molar-refractivity contribution in [1.82, 2.24) is 4.98 Å². The van der Waals surface area contributed by atoms with Crippen LogP contribution in [0.15, 0.2) is 42.6 Å². The molecule has 0 radical (unpaired) electrons. The summed E-state index contributed by atoms with van der Waals surface area (Å²) in [4.78, 5) is 4.45. The molecule has 2 aromatic carbocycles. The maximum atomic E-state index is 9.68. The van der Waals surface area contributed by atoms with Crippen LogP contribution in [0.3, 0.4) is 0 Å². The number of phenolic OH excluding ortho intramolecular Hbond substituents is 1. The number of nitrogens with zero attached hydrogens (tertiary/aromatic N) is 1. The minimum atomic E-state index is 0.111. The van der Waals surface area contributed by atoms with Gasteiger partial charge in [0.25, 0.3) is 0 Å².